The van der Waals surface area contributed by atoms with E-state index >= 15 is 0 Å². The van der Waals surface area contributed by atoms with Crippen molar-refractivity contribution in [2.24, 2.45) is 0 Å². The van der Waals surface area contributed by atoms with E-state index in [9.17, 15) is 18.0 Å². The molecule has 0 bridgehead atoms. The van der Waals surface area contributed by atoms with Crippen molar-refractivity contribution in [2.45, 2.75) is 51.6 Å². The molecule has 0 aliphatic rings. The number of aryl methyl sites for hydroxylation is 1. The quantitative estimate of drug-likeness (QED) is 0.359. The third-order valence-electron chi connectivity index (χ3n) is 6.68. The van der Waals surface area contributed by atoms with Gasteiger partial charge in [-0.25, -0.2) is 8.42 Å². The van der Waals surface area contributed by atoms with Crippen LogP contribution in [0.15, 0.2) is 77.7 Å². The molecule has 39 heavy (non-hydrogen) atoms. The number of likely N-dealkylation sites (N-methyl/N-ethyl adjacent to an activating group) is 1. The lowest BCUT2D eigenvalue weighted by Crippen LogP contribution is -2.52. The number of methoxy groups -OCH3 is 1. The molecule has 3 rings (SSSR count). The normalized spacial score (nSPS) is 11.9. The van der Waals surface area contributed by atoms with Gasteiger partial charge in [-0.1, -0.05) is 49.4 Å². The van der Waals surface area contributed by atoms with Gasteiger partial charge < -0.3 is 15.0 Å². The molecule has 3 aromatic carbocycles. The number of hydrogen-bond donors (Lipinski definition) is 1. The van der Waals surface area contributed by atoms with E-state index in [1.54, 1.807) is 49.6 Å². The fourth-order valence-corrected chi connectivity index (χ4v) is 5.91. The number of ether oxygens (including phenoxy) is 1. The Morgan fingerprint density at radius 3 is 2.28 bits per heavy atom. The molecule has 1 atom stereocenters. The lowest BCUT2D eigenvalue weighted by atomic mass is 10.1. The first-order chi connectivity index (χ1) is 18.6. The Balaban J connectivity index is 2.10. The van der Waals surface area contributed by atoms with Gasteiger partial charge in [0.25, 0.3) is 10.0 Å². The van der Waals surface area contributed by atoms with E-state index in [0.717, 1.165) is 21.0 Å². The van der Waals surface area contributed by atoms with Gasteiger partial charge in [0.15, 0.2) is 0 Å². The smallest absolute Gasteiger partial charge is 0.264 e. The number of carbonyl (C=O) groups is 2. The SMILES string of the molecule is CCNC(=O)[C@@H](CC)N(Cc1cccc(OC)c1)C(=O)CN(c1cccc(C)c1C)S(=O)(=O)c1ccccc1. The summed E-state index contributed by atoms with van der Waals surface area (Å²) in [6, 6.07) is 19.9. The van der Waals surface area contributed by atoms with Gasteiger partial charge in [0, 0.05) is 13.1 Å². The lowest BCUT2D eigenvalue weighted by molar-refractivity contribution is -0.140. The second-order valence-electron chi connectivity index (χ2n) is 9.24. The fraction of sp³-hybridized carbons (Fsp3) is 0.333. The maximum Gasteiger partial charge on any atom is 0.264 e. The van der Waals surface area contributed by atoms with E-state index in [0.29, 0.717) is 24.4 Å². The molecule has 3 aromatic rings. The maximum absolute atomic E-state index is 14.1. The zero-order valence-electron chi connectivity index (χ0n) is 23.2. The van der Waals surface area contributed by atoms with Crippen LogP contribution in [-0.4, -0.2) is 51.4 Å². The highest BCUT2D eigenvalue weighted by molar-refractivity contribution is 7.92. The number of anilines is 1. The largest absolute Gasteiger partial charge is 0.497 e. The average Bonchev–Trinajstić information content (AvgIpc) is 2.94. The van der Waals surface area contributed by atoms with Crippen molar-refractivity contribution < 1.29 is 22.7 Å². The van der Waals surface area contributed by atoms with Crippen molar-refractivity contribution in [3.8, 4) is 5.75 Å². The first-order valence-electron chi connectivity index (χ1n) is 13.0. The topological polar surface area (TPSA) is 96.0 Å². The molecular formula is C30H37N3O5S. The summed E-state index contributed by atoms with van der Waals surface area (Å²) in [4.78, 5) is 28.7. The van der Waals surface area contributed by atoms with Crippen molar-refractivity contribution in [2.75, 3.05) is 24.5 Å². The average molecular weight is 552 g/mol. The van der Waals surface area contributed by atoms with Crippen LogP contribution in [0.4, 0.5) is 5.69 Å². The van der Waals surface area contributed by atoms with Crippen molar-refractivity contribution in [1.29, 1.82) is 0 Å². The van der Waals surface area contributed by atoms with Crippen LogP contribution in [0.1, 0.15) is 37.0 Å². The Morgan fingerprint density at radius 2 is 1.64 bits per heavy atom. The Kier molecular flexibility index (Phi) is 10.1. The molecule has 8 nitrogen and oxygen atoms in total. The first kappa shape index (κ1) is 29.7. The fourth-order valence-electron chi connectivity index (χ4n) is 4.42. The molecule has 0 unspecified atom stereocenters. The van der Waals surface area contributed by atoms with Crippen LogP contribution in [0, 0.1) is 13.8 Å². The van der Waals surface area contributed by atoms with Crippen LogP contribution in [0.5, 0.6) is 5.75 Å². The minimum Gasteiger partial charge on any atom is -0.497 e. The summed E-state index contributed by atoms with van der Waals surface area (Å²) in [6.07, 6.45) is 0.358. The summed E-state index contributed by atoms with van der Waals surface area (Å²) >= 11 is 0. The van der Waals surface area contributed by atoms with Crippen molar-refractivity contribution in [1.82, 2.24) is 10.2 Å². The number of hydrogen-bond acceptors (Lipinski definition) is 5. The molecule has 0 spiro atoms. The lowest BCUT2D eigenvalue weighted by Gasteiger charge is -2.33. The summed E-state index contributed by atoms with van der Waals surface area (Å²) in [5, 5.41) is 2.81. The molecular weight excluding hydrogens is 514 g/mol. The van der Waals surface area contributed by atoms with Gasteiger partial charge in [0.2, 0.25) is 11.8 Å². The van der Waals surface area contributed by atoms with E-state index in [1.807, 2.05) is 45.9 Å². The first-order valence-corrected chi connectivity index (χ1v) is 14.4. The second-order valence-corrected chi connectivity index (χ2v) is 11.1. The molecule has 0 aliphatic heterocycles. The predicted octanol–water partition coefficient (Wildman–Crippen LogP) is 4.45. The van der Waals surface area contributed by atoms with Crippen molar-refractivity contribution in [3.63, 3.8) is 0 Å². The molecule has 0 aliphatic carbocycles. The maximum atomic E-state index is 14.1. The molecule has 0 radical (unpaired) electrons. The van der Waals surface area contributed by atoms with Gasteiger partial charge in [0.1, 0.15) is 18.3 Å². The number of nitrogens with zero attached hydrogens (tertiary/aromatic N) is 2. The summed E-state index contributed by atoms with van der Waals surface area (Å²) in [6.45, 7) is 7.42. The minimum atomic E-state index is -4.10. The monoisotopic (exact) mass is 551 g/mol. The number of nitrogens with one attached hydrogen (secondary N) is 1. The van der Waals surface area contributed by atoms with Gasteiger partial charge in [-0.05, 0) is 74.2 Å². The Hall–Kier alpha value is -3.85. The Bertz CT molecular complexity index is 1390. The van der Waals surface area contributed by atoms with E-state index in [2.05, 4.69) is 5.32 Å². The van der Waals surface area contributed by atoms with E-state index in [4.69, 9.17) is 4.74 Å². The van der Waals surface area contributed by atoms with Gasteiger partial charge in [-0.3, -0.25) is 13.9 Å². The van der Waals surface area contributed by atoms with Gasteiger partial charge in [-0.2, -0.15) is 0 Å². The van der Waals surface area contributed by atoms with Crippen LogP contribution < -0.4 is 14.4 Å². The van der Waals surface area contributed by atoms with Crippen LogP contribution in [-0.2, 0) is 26.2 Å². The third kappa shape index (κ3) is 6.97. The summed E-state index contributed by atoms with van der Waals surface area (Å²) in [5.74, 6) is -0.161. The number of benzene rings is 3. The number of rotatable bonds is 12. The molecule has 2 amide bonds. The van der Waals surface area contributed by atoms with E-state index in [1.165, 1.54) is 17.0 Å². The summed E-state index contributed by atoms with van der Waals surface area (Å²) in [5.41, 5.74) is 2.82. The highest BCUT2D eigenvalue weighted by Crippen LogP contribution is 2.29. The molecule has 0 aromatic heterocycles. The summed E-state index contributed by atoms with van der Waals surface area (Å²) < 4.78 is 34.4. The zero-order valence-corrected chi connectivity index (χ0v) is 24.0. The predicted molar refractivity (Wildman–Crippen MR) is 153 cm³/mol. The van der Waals surface area contributed by atoms with Crippen molar-refractivity contribution >= 4 is 27.5 Å². The molecule has 0 fully saturated rings. The standard InChI is InChI=1S/C30H37N3O5S/c1-6-27(30(35)31-7-2)32(20-24-14-12-15-25(19-24)38-5)29(34)21-33(28-18-11-13-22(3)23(28)4)39(36,37)26-16-9-8-10-17-26/h8-19,27H,6-7,20-21H2,1-5H3,(H,31,35)/t27-/m1/s1. The molecule has 0 heterocycles. The van der Waals surface area contributed by atoms with Crippen LogP contribution in [0.25, 0.3) is 0 Å². The van der Waals surface area contributed by atoms with Crippen LogP contribution in [0.3, 0.4) is 0 Å². The highest BCUT2D eigenvalue weighted by atomic mass is 32.2. The Labute approximate surface area is 231 Å². The van der Waals surface area contributed by atoms with Crippen LogP contribution in [0.2, 0.25) is 0 Å². The number of amides is 2. The molecule has 1 N–H and O–H groups in total. The molecule has 0 saturated carbocycles. The second kappa shape index (κ2) is 13.3. The highest BCUT2D eigenvalue weighted by Gasteiger charge is 2.34. The minimum absolute atomic E-state index is 0.0776. The molecule has 208 valence electrons. The van der Waals surface area contributed by atoms with E-state index < -0.39 is 28.5 Å². The summed E-state index contributed by atoms with van der Waals surface area (Å²) in [7, 11) is -2.55. The third-order valence-corrected chi connectivity index (χ3v) is 8.45. The van der Waals surface area contributed by atoms with E-state index in [-0.39, 0.29) is 17.3 Å². The van der Waals surface area contributed by atoms with Gasteiger partial charge >= 0.3 is 0 Å². The van der Waals surface area contributed by atoms with Crippen molar-refractivity contribution in [3.05, 3.63) is 89.5 Å². The number of carbonyl (C=O) groups excluding carboxylic acids is 2. The molecule has 9 heteroatoms. The molecule has 0 saturated heterocycles. The Morgan fingerprint density at radius 1 is 0.949 bits per heavy atom. The van der Waals surface area contributed by atoms with Gasteiger partial charge in [0.05, 0.1) is 17.7 Å². The zero-order chi connectivity index (χ0) is 28.6. The number of sulfonamides is 1. The van der Waals surface area contributed by atoms with Gasteiger partial charge in [-0.15, -0.1) is 0 Å². The van der Waals surface area contributed by atoms with Crippen LogP contribution >= 0.6 is 0 Å².